The van der Waals surface area contributed by atoms with Crippen molar-refractivity contribution in [1.82, 2.24) is 9.97 Å². The average molecular weight is 366 g/mol. The molecule has 1 aromatic carbocycles. The molecule has 1 saturated heterocycles. The maximum Gasteiger partial charge on any atom is 0.257 e. The number of aromatic nitrogens is 2. The van der Waals surface area contributed by atoms with Gasteiger partial charge < -0.3 is 10.2 Å². The van der Waals surface area contributed by atoms with Crippen LogP contribution in [0.15, 0.2) is 36.7 Å². The Morgan fingerprint density at radius 2 is 2.08 bits per heavy atom. The molecule has 0 unspecified atom stereocenters. The maximum absolute atomic E-state index is 13.0. The first-order valence-electron chi connectivity index (χ1n) is 8.99. The van der Waals surface area contributed by atoms with Crippen molar-refractivity contribution in [2.24, 2.45) is 5.92 Å². The topological polar surface area (TPSA) is 58.1 Å². The Kier molecular flexibility index (Phi) is 4.59. The van der Waals surface area contributed by atoms with Crippen LogP contribution in [-0.4, -0.2) is 29.0 Å². The number of fused-ring (bicyclic) bond motifs is 1. The highest BCUT2D eigenvalue weighted by molar-refractivity contribution is 7.19. The van der Waals surface area contributed by atoms with E-state index in [4.69, 9.17) is 0 Å². The third kappa shape index (κ3) is 3.17. The lowest BCUT2D eigenvalue weighted by atomic mass is 10.00. The van der Waals surface area contributed by atoms with E-state index in [9.17, 15) is 4.79 Å². The van der Waals surface area contributed by atoms with E-state index in [2.05, 4.69) is 27.1 Å². The van der Waals surface area contributed by atoms with E-state index in [0.717, 1.165) is 46.1 Å². The van der Waals surface area contributed by atoms with Gasteiger partial charge in [-0.25, -0.2) is 9.97 Å². The Labute approximate surface area is 157 Å². The lowest BCUT2D eigenvalue weighted by molar-refractivity contribution is 0.102. The number of anilines is 2. The smallest absolute Gasteiger partial charge is 0.257 e. The van der Waals surface area contributed by atoms with Crippen LogP contribution >= 0.6 is 11.3 Å². The monoisotopic (exact) mass is 366 g/mol. The van der Waals surface area contributed by atoms with Crippen molar-refractivity contribution in [2.45, 2.75) is 26.7 Å². The van der Waals surface area contributed by atoms with Crippen LogP contribution in [0.5, 0.6) is 0 Å². The summed E-state index contributed by atoms with van der Waals surface area (Å²) in [4.78, 5) is 26.2. The zero-order valence-corrected chi connectivity index (χ0v) is 15.8. The summed E-state index contributed by atoms with van der Waals surface area (Å²) < 4.78 is 0. The van der Waals surface area contributed by atoms with Gasteiger partial charge in [-0.15, -0.1) is 11.3 Å². The minimum Gasteiger partial charge on any atom is -0.356 e. The molecule has 1 fully saturated rings. The standard InChI is InChI=1S/C20H22N4OS/c1-13-7-6-10-24(11-13)18-17-16(14(2)26-20(17)22-12-21-18)19(25)23-15-8-4-3-5-9-15/h3-5,8-9,12-13H,6-7,10-11H2,1-2H3,(H,23,25)/t13-/m1/s1. The molecular weight excluding hydrogens is 344 g/mol. The largest absolute Gasteiger partial charge is 0.356 e. The summed E-state index contributed by atoms with van der Waals surface area (Å²) in [5.74, 6) is 1.43. The van der Waals surface area contributed by atoms with Gasteiger partial charge in [0.25, 0.3) is 5.91 Å². The summed E-state index contributed by atoms with van der Waals surface area (Å²) in [5.41, 5.74) is 1.49. The molecule has 3 heterocycles. The van der Waals surface area contributed by atoms with Crippen molar-refractivity contribution in [1.29, 1.82) is 0 Å². The second kappa shape index (κ2) is 7.03. The first-order chi connectivity index (χ1) is 12.6. The number of thiophene rings is 1. The highest BCUT2D eigenvalue weighted by Gasteiger charge is 2.25. The maximum atomic E-state index is 13.0. The van der Waals surface area contributed by atoms with Crippen molar-refractivity contribution in [3.05, 3.63) is 47.1 Å². The Balaban J connectivity index is 1.77. The third-order valence-corrected chi connectivity index (χ3v) is 5.87. The quantitative estimate of drug-likeness (QED) is 0.742. The summed E-state index contributed by atoms with van der Waals surface area (Å²) in [6.45, 7) is 6.20. The van der Waals surface area contributed by atoms with Gasteiger partial charge in [-0.2, -0.15) is 0 Å². The number of para-hydroxylation sites is 1. The van der Waals surface area contributed by atoms with Crippen LogP contribution in [0.2, 0.25) is 0 Å². The van der Waals surface area contributed by atoms with Crippen LogP contribution in [0, 0.1) is 12.8 Å². The molecule has 1 amide bonds. The fourth-order valence-electron chi connectivity index (χ4n) is 3.64. The number of nitrogens with zero attached hydrogens (tertiary/aromatic N) is 3. The van der Waals surface area contributed by atoms with Gasteiger partial charge >= 0.3 is 0 Å². The predicted octanol–water partition coefficient (Wildman–Crippen LogP) is 4.49. The van der Waals surface area contributed by atoms with Gasteiger partial charge in [0, 0.05) is 23.7 Å². The molecule has 0 spiro atoms. The van der Waals surface area contributed by atoms with Gasteiger partial charge in [0.15, 0.2) is 0 Å². The van der Waals surface area contributed by atoms with Gasteiger partial charge in [-0.3, -0.25) is 4.79 Å². The zero-order valence-electron chi connectivity index (χ0n) is 15.0. The van der Waals surface area contributed by atoms with Crippen molar-refractivity contribution in [3.63, 3.8) is 0 Å². The number of rotatable bonds is 3. The van der Waals surface area contributed by atoms with E-state index in [1.54, 1.807) is 17.7 Å². The van der Waals surface area contributed by atoms with Crippen LogP contribution in [0.3, 0.4) is 0 Å². The number of carbonyl (C=O) groups excluding carboxylic acids is 1. The first-order valence-corrected chi connectivity index (χ1v) is 9.80. The minimum absolute atomic E-state index is 0.0962. The Morgan fingerprint density at radius 1 is 1.27 bits per heavy atom. The van der Waals surface area contributed by atoms with E-state index in [1.807, 2.05) is 37.3 Å². The van der Waals surface area contributed by atoms with E-state index < -0.39 is 0 Å². The van der Waals surface area contributed by atoms with Gasteiger partial charge in [0.05, 0.1) is 10.9 Å². The molecule has 2 aromatic heterocycles. The molecule has 1 aliphatic rings. The van der Waals surface area contributed by atoms with E-state index in [1.165, 1.54) is 6.42 Å². The summed E-state index contributed by atoms with van der Waals surface area (Å²) in [6.07, 6.45) is 4.02. The van der Waals surface area contributed by atoms with Gasteiger partial charge in [0.1, 0.15) is 17.0 Å². The SMILES string of the molecule is Cc1sc2ncnc(N3CCC[C@@H](C)C3)c2c1C(=O)Nc1ccccc1. The molecule has 1 aliphatic heterocycles. The van der Waals surface area contributed by atoms with Crippen molar-refractivity contribution in [2.75, 3.05) is 23.3 Å². The third-order valence-electron chi connectivity index (χ3n) is 4.86. The van der Waals surface area contributed by atoms with Gasteiger partial charge in [0.2, 0.25) is 0 Å². The molecule has 134 valence electrons. The highest BCUT2D eigenvalue weighted by atomic mass is 32.1. The number of hydrogen-bond acceptors (Lipinski definition) is 5. The minimum atomic E-state index is -0.0962. The normalized spacial score (nSPS) is 17.5. The molecule has 6 heteroatoms. The molecule has 5 nitrogen and oxygen atoms in total. The Morgan fingerprint density at radius 3 is 2.85 bits per heavy atom. The van der Waals surface area contributed by atoms with Crippen molar-refractivity contribution >= 4 is 39.0 Å². The van der Waals surface area contributed by atoms with Crippen LogP contribution in [0.25, 0.3) is 10.2 Å². The second-order valence-corrected chi connectivity index (χ2v) is 8.13. The number of amides is 1. The van der Waals surface area contributed by atoms with E-state index >= 15 is 0 Å². The van der Waals surface area contributed by atoms with E-state index in [-0.39, 0.29) is 5.91 Å². The Bertz CT molecular complexity index is 938. The molecule has 26 heavy (non-hydrogen) atoms. The van der Waals surface area contributed by atoms with Crippen molar-refractivity contribution < 1.29 is 4.79 Å². The molecule has 0 aliphatic carbocycles. The molecule has 1 N–H and O–H groups in total. The predicted molar refractivity (Wildman–Crippen MR) is 107 cm³/mol. The molecule has 4 rings (SSSR count). The number of hydrogen-bond donors (Lipinski definition) is 1. The molecule has 0 radical (unpaired) electrons. The lowest BCUT2D eigenvalue weighted by Gasteiger charge is -2.32. The highest BCUT2D eigenvalue weighted by Crippen LogP contribution is 2.36. The number of carbonyl (C=O) groups is 1. The lowest BCUT2D eigenvalue weighted by Crippen LogP contribution is -2.35. The van der Waals surface area contributed by atoms with Gasteiger partial charge in [-0.05, 0) is 37.8 Å². The van der Waals surface area contributed by atoms with E-state index in [0.29, 0.717) is 11.5 Å². The number of aryl methyl sites for hydroxylation is 1. The van der Waals surface area contributed by atoms with Crippen LogP contribution in [0.4, 0.5) is 11.5 Å². The van der Waals surface area contributed by atoms with Crippen LogP contribution in [-0.2, 0) is 0 Å². The number of piperidine rings is 1. The summed E-state index contributed by atoms with van der Waals surface area (Å²) in [7, 11) is 0. The second-order valence-electron chi connectivity index (χ2n) is 6.92. The molecule has 0 bridgehead atoms. The Hall–Kier alpha value is -2.47. The molecular formula is C20H22N4OS. The van der Waals surface area contributed by atoms with Crippen LogP contribution < -0.4 is 10.2 Å². The van der Waals surface area contributed by atoms with Crippen molar-refractivity contribution in [3.8, 4) is 0 Å². The van der Waals surface area contributed by atoms with Gasteiger partial charge in [-0.1, -0.05) is 25.1 Å². The number of benzene rings is 1. The molecule has 0 saturated carbocycles. The number of nitrogens with one attached hydrogen (secondary N) is 1. The molecule has 1 atom stereocenters. The summed E-state index contributed by atoms with van der Waals surface area (Å²) in [6, 6.07) is 9.55. The first kappa shape index (κ1) is 17.0. The fourth-order valence-corrected chi connectivity index (χ4v) is 4.62. The zero-order chi connectivity index (χ0) is 18.1. The van der Waals surface area contributed by atoms with Crippen LogP contribution in [0.1, 0.15) is 35.0 Å². The summed E-state index contributed by atoms with van der Waals surface area (Å²) >= 11 is 1.56. The fraction of sp³-hybridized carbons (Fsp3) is 0.350. The average Bonchev–Trinajstić information content (AvgIpc) is 2.98. The summed E-state index contributed by atoms with van der Waals surface area (Å²) in [5, 5.41) is 3.90. The molecule has 3 aromatic rings.